The molecular weight excluding hydrogens is 144 g/mol. The van der Waals surface area contributed by atoms with E-state index in [-0.39, 0.29) is 17.7 Å². The Morgan fingerprint density at radius 1 is 1.00 bits per heavy atom. The summed E-state index contributed by atoms with van der Waals surface area (Å²) in [5.41, 5.74) is 0. The first kappa shape index (κ1) is 12.0. The molecule has 50 valence electrons. The molecule has 0 atom stereocenters. The predicted molar refractivity (Wildman–Crippen MR) is 20.9 cm³/mol. The van der Waals surface area contributed by atoms with Gasteiger partial charge >= 0.3 is 43.3 Å². The minimum atomic E-state index is -4.00. The molecule has 0 unspecified atom stereocenters. The molecule has 0 bridgehead atoms. The fraction of sp³-hybridized carbons (Fsp3) is 1.00. The Balaban J connectivity index is 0. The average Bonchev–Trinajstić information content (AvgIpc) is 1.19. The van der Waals surface area contributed by atoms with Crippen molar-refractivity contribution in [2.45, 2.75) is 4.85 Å². The third-order valence-electron chi connectivity index (χ3n) is 0. The van der Waals surface area contributed by atoms with Gasteiger partial charge in [-0.3, -0.25) is 12.9 Å². The molecule has 0 rings (SSSR count). The van der Waals surface area contributed by atoms with E-state index in [4.69, 9.17) is 0 Å². The summed E-state index contributed by atoms with van der Waals surface area (Å²) in [4.78, 5) is -4.00. The van der Waals surface area contributed by atoms with Crippen molar-refractivity contribution >= 4 is 25.3 Å². The van der Waals surface area contributed by atoms with Gasteiger partial charge in [-0.2, -0.15) is 0 Å². The molecule has 0 aromatic rings. The third kappa shape index (κ3) is 5470. The van der Waals surface area contributed by atoms with E-state index in [1.54, 1.807) is 0 Å². The SMILES string of the molecule is FB(F)F.[Li][C](F)(F)F. The van der Waals surface area contributed by atoms with E-state index < -0.39 is 12.4 Å². The Bertz CT molecular complexity index is 49.8. The molecule has 0 fully saturated rings. The first-order valence-corrected chi connectivity index (χ1v) is 1.72. The van der Waals surface area contributed by atoms with E-state index in [1.807, 2.05) is 0 Å². The molecule has 0 aliphatic heterocycles. The van der Waals surface area contributed by atoms with Crippen molar-refractivity contribution in [3.05, 3.63) is 0 Å². The van der Waals surface area contributed by atoms with Crippen LogP contribution in [0.2, 0.25) is 0 Å². The Kier molecular flexibility index (Phi) is 6.73. The van der Waals surface area contributed by atoms with Crippen LogP contribution in [-0.2, 0) is 0 Å². The molecular formula is CBF6Li. The van der Waals surface area contributed by atoms with Gasteiger partial charge in [-0.1, -0.05) is 0 Å². The van der Waals surface area contributed by atoms with E-state index >= 15 is 0 Å². The van der Waals surface area contributed by atoms with Crippen molar-refractivity contribution in [2.24, 2.45) is 0 Å². The summed E-state index contributed by atoms with van der Waals surface area (Å²) in [7, 11) is -3.67. The van der Waals surface area contributed by atoms with E-state index in [0.29, 0.717) is 0 Å². The van der Waals surface area contributed by atoms with Gasteiger partial charge in [-0.15, -0.1) is 0 Å². The zero-order valence-electron chi connectivity index (χ0n) is 4.35. The second-order valence-electron chi connectivity index (χ2n) is 1.03. The number of alkyl halides is 3. The van der Waals surface area contributed by atoms with Gasteiger partial charge in [-0.05, 0) is 0 Å². The van der Waals surface area contributed by atoms with E-state index in [2.05, 4.69) is 0 Å². The molecule has 0 radical (unpaired) electrons. The van der Waals surface area contributed by atoms with Crippen LogP contribution in [0.3, 0.4) is 0 Å². The van der Waals surface area contributed by atoms with E-state index in [9.17, 15) is 26.1 Å². The van der Waals surface area contributed by atoms with Gasteiger partial charge in [0, 0.05) is 0 Å². The fourth-order valence-electron chi connectivity index (χ4n) is 0. The van der Waals surface area contributed by atoms with Crippen molar-refractivity contribution in [3.8, 4) is 0 Å². The van der Waals surface area contributed by atoms with Crippen LogP contribution in [0.25, 0.3) is 0 Å². The average molecular weight is 144 g/mol. The summed E-state index contributed by atoms with van der Waals surface area (Å²) in [5.74, 6) is 0. The standard InChI is InChI=1S/CF3.BF3.Li/c2*2-1(3)4;. The molecule has 0 aliphatic carbocycles. The zero-order valence-corrected chi connectivity index (χ0v) is 4.35. The van der Waals surface area contributed by atoms with Crippen LogP contribution in [0.1, 0.15) is 0 Å². The zero-order chi connectivity index (χ0) is 8.08. The summed E-state index contributed by atoms with van der Waals surface area (Å²) in [6.45, 7) is 0. The Morgan fingerprint density at radius 3 is 1.00 bits per heavy atom. The normalized spacial score (nSPS) is 9.78. The van der Waals surface area contributed by atoms with Gasteiger partial charge in [0.05, 0.1) is 0 Å². The van der Waals surface area contributed by atoms with Crippen LogP contribution in [-0.4, -0.2) is 30.1 Å². The molecule has 0 aliphatic rings. The molecule has 0 N–H and O–H groups in total. The third-order valence-corrected chi connectivity index (χ3v) is 0. The number of hydrogen-bond acceptors (Lipinski definition) is 0. The molecule has 9 heavy (non-hydrogen) atoms. The minimum absolute atomic E-state index is 0.188. The Hall–Kier alpha value is 0.242. The van der Waals surface area contributed by atoms with Crippen LogP contribution >= 0.6 is 0 Å². The number of rotatable bonds is 0. The van der Waals surface area contributed by atoms with Gasteiger partial charge < -0.3 is 0 Å². The fourth-order valence-corrected chi connectivity index (χ4v) is 0. The van der Waals surface area contributed by atoms with Crippen molar-refractivity contribution in [2.75, 3.05) is 0 Å². The second kappa shape index (κ2) is 5.06. The number of halogens is 6. The van der Waals surface area contributed by atoms with Gasteiger partial charge in [0.25, 0.3) is 0 Å². The maximum atomic E-state index is 10.4. The molecule has 0 heterocycles. The summed E-state index contributed by atoms with van der Waals surface area (Å²) in [5, 5.41) is 0. The van der Waals surface area contributed by atoms with Crippen LogP contribution < -0.4 is 0 Å². The summed E-state index contributed by atoms with van der Waals surface area (Å²) >= 11 is 0.188. The molecule has 0 amide bonds. The van der Waals surface area contributed by atoms with Gasteiger partial charge in [0.15, 0.2) is 0 Å². The molecule has 0 nitrogen and oxygen atoms in total. The van der Waals surface area contributed by atoms with E-state index in [0.717, 1.165) is 0 Å². The quantitative estimate of drug-likeness (QED) is 0.357. The molecule has 0 saturated heterocycles. The molecule has 0 saturated carbocycles. The van der Waals surface area contributed by atoms with Crippen molar-refractivity contribution in [1.82, 2.24) is 0 Å². The van der Waals surface area contributed by atoms with Crippen molar-refractivity contribution in [3.63, 3.8) is 0 Å². The van der Waals surface area contributed by atoms with Gasteiger partial charge in [-0.25, -0.2) is 0 Å². The van der Waals surface area contributed by atoms with E-state index in [1.165, 1.54) is 0 Å². The molecule has 0 aromatic heterocycles. The molecule has 8 heteroatoms. The molecule has 0 spiro atoms. The maximum absolute atomic E-state index is 10.4. The van der Waals surface area contributed by atoms with Crippen LogP contribution in [0.5, 0.6) is 0 Å². The van der Waals surface area contributed by atoms with Gasteiger partial charge in [0.2, 0.25) is 0 Å². The van der Waals surface area contributed by atoms with Crippen LogP contribution in [0.15, 0.2) is 0 Å². The Morgan fingerprint density at radius 2 is 1.00 bits per heavy atom. The Labute approximate surface area is 57.0 Å². The topological polar surface area (TPSA) is 0 Å². The monoisotopic (exact) mass is 144 g/mol. The van der Waals surface area contributed by atoms with Crippen LogP contribution in [0.4, 0.5) is 26.1 Å². The summed E-state index contributed by atoms with van der Waals surface area (Å²) < 4.78 is 60.1. The molecule has 0 aromatic carbocycles. The summed E-state index contributed by atoms with van der Waals surface area (Å²) in [6.07, 6.45) is 0. The van der Waals surface area contributed by atoms with Crippen molar-refractivity contribution < 1.29 is 26.1 Å². The van der Waals surface area contributed by atoms with Gasteiger partial charge in [0.1, 0.15) is 0 Å². The van der Waals surface area contributed by atoms with Crippen molar-refractivity contribution in [1.29, 1.82) is 0 Å². The number of hydrogen-bond donors (Lipinski definition) is 0. The first-order valence-electron chi connectivity index (χ1n) is 1.72. The first-order chi connectivity index (χ1) is 3.73. The van der Waals surface area contributed by atoms with Crippen LogP contribution in [0, 0.1) is 0 Å². The summed E-state index contributed by atoms with van der Waals surface area (Å²) in [6, 6.07) is 0. The second-order valence-corrected chi connectivity index (χ2v) is 1.03. The predicted octanol–water partition coefficient (Wildman–Crippen LogP) is 1.55.